The minimum atomic E-state index is -0.437. The van der Waals surface area contributed by atoms with Crippen LogP contribution in [0.5, 0.6) is 0 Å². The minimum absolute atomic E-state index is 0.0445. The average Bonchev–Trinajstić information content (AvgIpc) is 2.99. The van der Waals surface area contributed by atoms with Crippen molar-refractivity contribution in [3.8, 4) is 0 Å². The maximum atomic E-state index is 11.6. The Morgan fingerprint density at radius 3 is 2.86 bits per heavy atom. The fraction of sp³-hybridized carbons (Fsp3) is 0.714. The molecule has 1 aromatic heterocycles. The second-order valence-corrected chi connectivity index (χ2v) is 6.49. The number of hydrogen-bond donors (Lipinski definition) is 2. The number of amides is 2. The lowest BCUT2D eigenvalue weighted by atomic mass is 9.79. The number of urea groups is 1. The fourth-order valence-electron chi connectivity index (χ4n) is 3.38. The first kappa shape index (κ1) is 13.1. The Labute approximate surface area is 123 Å². The van der Waals surface area contributed by atoms with Gasteiger partial charge in [-0.1, -0.05) is 0 Å². The number of nitrogens with zero attached hydrogens (tertiary/aromatic N) is 4. The predicted octanol–water partition coefficient (Wildman–Crippen LogP) is 0.184. The summed E-state index contributed by atoms with van der Waals surface area (Å²) in [5.74, 6) is 0. The van der Waals surface area contributed by atoms with Crippen molar-refractivity contribution in [1.29, 1.82) is 0 Å². The standard InChI is InChI=1S/C14H21N5O2/c20-13-15-4-5-18(13)11-6-16-19(9-11)12-7-17(8-12)10-14(21)2-1-3-14/h6,9,12,21H,1-5,7-8,10H2,(H,15,20). The van der Waals surface area contributed by atoms with E-state index in [2.05, 4.69) is 15.3 Å². The van der Waals surface area contributed by atoms with Crippen LogP contribution in [0.15, 0.2) is 12.4 Å². The molecule has 0 unspecified atom stereocenters. The van der Waals surface area contributed by atoms with Crippen LogP contribution >= 0.6 is 0 Å². The molecule has 3 fully saturated rings. The highest BCUT2D eigenvalue weighted by Crippen LogP contribution is 2.35. The maximum absolute atomic E-state index is 11.6. The summed E-state index contributed by atoms with van der Waals surface area (Å²) < 4.78 is 1.95. The van der Waals surface area contributed by atoms with Crippen molar-refractivity contribution in [2.45, 2.75) is 30.9 Å². The largest absolute Gasteiger partial charge is 0.389 e. The van der Waals surface area contributed by atoms with Crippen molar-refractivity contribution < 1.29 is 9.90 Å². The van der Waals surface area contributed by atoms with E-state index in [0.717, 1.165) is 44.6 Å². The molecule has 3 heterocycles. The van der Waals surface area contributed by atoms with Crippen LogP contribution in [0.1, 0.15) is 25.3 Å². The van der Waals surface area contributed by atoms with Gasteiger partial charge in [0, 0.05) is 38.9 Å². The van der Waals surface area contributed by atoms with Crippen molar-refractivity contribution in [2.75, 3.05) is 37.6 Å². The Hall–Kier alpha value is -1.60. The van der Waals surface area contributed by atoms with E-state index in [-0.39, 0.29) is 6.03 Å². The molecule has 7 nitrogen and oxygen atoms in total. The Morgan fingerprint density at radius 1 is 1.43 bits per heavy atom. The monoisotopic (exact) mass is 291 g/mol. The molecule has 0 spiro atoms. The van der Waals surface area contributed by atoms with Crippen molar-refractivity contribution in [1.82, 2.24) is 20.0 Å². The van der Waals surface area contributed by atoms with Gasteiger partial charge in [-0.2, -0.15) is 5.10 Å². The molecule has 1 saturated carbocycles. The number of likely N-dealkylation sites (tertiary alicyclic amines) is 1. The third kappa shape index (κ3) is 2.30. The molecule has 2 saturated heterocycles. The van der Waals surface area contributed by atoms with Gasteiger partial charge in [-0.25, -0.2) is 4.79 Å². The summed E-state index contributed by atoms with van der Waals surface area (Å²) in [6.07, 6.45) is 6.72. The van der Waals surface area contributed by atoms with Crippen LogP contribution in [-0.2, 0) is 0 Å². The lowest BCUT2D eigenvalue weighted by molar-refractivity contribution is -0.0792. The van der Waals surface area contributed by atoms with E-state index >= 15 is 0 Å². The number of anilines is 1. The molecule has 0 atom stereocenters. The highest BCUT2D eigenvalue weighted by atomic mass is 16.3. The fourth-order valence-corrected chi connectivity index (χ4v) is 3.38. The summed E-state index contributed by atoms with van der Waals surface area (Å²) in [6, 6.07) is 0.310. The van der Waals surface area contributed by atoms with E-state index in [1.807, 2.05) is 10.9 Å². The molecule has 2 aliphatic heterocycles. The second kappa shape index (κ2) is 4.71. The van der Waals surface area contributed by atoms with Crippen molar-refractivity contribution in [3.63, 3.8) is 0 Å². The van der Waals surface area contributed by atoms with Crippen LogP contribution < -0.4 is 10.2 Å². The molecule has 0 radical (unpaired) electrons. The molecule has 0 aromatic carbocycles. The van der Waals surface area contributed by atoms with Gasteiger partial charge in [0.05, 0.1) is 23.5 Å². The number of rotatable bonds is 4. The summed E-state index contributed by atoms with van der Waals surface area (Å²) in [5, 5.41) is 17.3. The SMILES string of the molecule is O=C1NCCN1c1cnn(C2CN(CC3(O)CCC3)C2)c1. The van der Waals surface area contributed by atoms with Gasteiger partial charge in [-0.15, -0.1) is 0 Å². The number of nitrogens with one attached hydrogen (secondary N) is 1. The van der Waals surface area contributed by atoms with E-state index < -0.39 is 5.60 Å². The van der Waals surface area contributed by atoms with Gasteiger partial charge in [-0.3, -0.25) is 14.5 Å². The van der Waals surface area contributed by atoms with Gasteiger partial charge in [0.2, 0.25) is 0 Å². The van der Waals surface area contributed by atoms with Gasteiger partial charge in [0.15, 0.2) is 0 Å². The van der Waals surface area contributed by atoms with Gasteiger partial charge in [0.25, 0.3) is 0 Å². The number of aromatic nitrogens is 2. The van der Waals surface area contributed by atoms with E-state index in [1.54, 1.807) is 11.1 Å². The van der Waals surface area contributed by atoms with Gasteiger partial charge in [-0.05, 0) is 19.3 Å². The summed E-state index contributed by atoms with van der Waals surface area (Å²) in [4.78, 5) is 15.6. The number of carbonyl (C=O) groups is 1. The zero-order chi connectivity index (χ0) is 14.4. The Balaban J connectivity index is 1.34. The van der Waals surface area contributed by atoms with Gasteiger partial charge >= 0.3 is 6.03 Å². The quantitative estimate of drug-likeness (QED) is 0.830. The van der Waals surface area contributed by atoms with Crippen LogP contribution in [0.4, 0.5) is 10.5 Å². The maximum Gasteiger partial charge on any atom is 0.322 e. The van der Waals surface area contributed by atoms with E-state index in [0.29, 0.717) is 19.1 Å². The lowest BCUT2D eigenvalue weighted by Gasteiger charge is -2.46. The summed E-state index contributed by atoms with van der Waals surface area (Å²) in [5.41, 5.74) is 0.425. The molecule has 114 valence electrons. The third-order valence-electron chi connectivity index (χ3n) is 4.87. The number of carbonyl (C=O) groups excluding carboxylic acids is 1. The van der Waals surface area contributed by atoms with Crippen LogP contribution in [0.3, 0.4) is 0 Å². The van der Waals surface area contributed by atoms with Crippen LogP contribution in [-0.4, -0.2) is 64.1 Å². The minimum Gasteiger partial charge on any atom is -0.389 e. The molecule has 1 aliphatic carbocycles. The molecular weight excluding hydrogens is 270 g/mol. The zero-order valence-electron chi connectivity index (χ0n) is 12.0. The molecule has 4 rings (SSSR count). The van der Waals surface area contributed by atoms with Crippen molar-refractivity contribution in [3.05, 3.63) is 12.4 Å². The number of aliphatic hydroxyl groups is 1. The smallest absolute Gasteiger partial charge is 0.322 e. The molecule has 7 heteroatoms. The second-order valence-electron chi connectivity index (χ2n) is 6.49. The Bertz CT molecular complexity index is 547. The molecule has 1 aromatic rings. The van der Waals surface area contributed by atoms with E-state index in [9.17, 15) is 9.90 Å². The first-order chi connectivity index (χ1) is 10.1. The molecular formula is C14H21N5O2. The predicted molar refractivity (Wildman–Crippen MR) is 77.2 cm³/mol. The highest BCUT2D eigenvalue weighted by molar-refractivity contribution is 5.93. The van der Waals surface area contributed by atoms with E-state index in [4.69, 9.17) is 0 Å². The number of hydrogen-bond acceptors (Lipinski definition) is 4. The average molecular weight is 291 g/mol. The molecule has 3 aliphatic rings. The molecule has 0 bridgehead atoms. The topological polar surface area (TPSA) is 73.6 Å². The first-order valence-electron chi connectivity index (χ1n) is 7.67. The third-order valence-corrected chi connectivity index (χ3v) is 4.87. The number of β-amino-alcohol motifs (C(OH)–C–C–N with tert-alkyl or cyclic N) is 1. The zero-order valence-corrected chi connectivity index (χ0v) is 12.0. The normalized spacial score (nSPS) is 25.6. The molecule has 2 amide bonds. The Kier molecular flexibility index (Phi) is 2.93. The van der Waals surface area contributed by atoms with E-state index in [1.165, 1.54) is 0 Å². The van der Waals surface area contributed by atoms with Crippen LogP contribution in [0.2, 0.25) is 0 Å². The summed E-state index contributed by atoms with van der Waals surface area (Å²) in [6.45, 7) is 4.03. The van der Waals surface area contributed by atoms with Crippen LogP contribution in [0, 0.1) is 0 Å². The molecule has 2 N–H and O–H groups in total. The van der Waals surface area contributed by atoms with Gasteiger partial charge < -0.3 is 10.4 Å². The summed E-state index contributed by atoms with van der Waals surface area (Å²) >= 11 is 0. The first-order valence-corrected chi connectivity index (χ1v) is 7.67. The van der Waals surface area contributed by atoms with Gasteiger partial charge in [0.1, 0.15) is 0 Å². The highest BCUT2D eigenvalue weighted by Gasteiger charge is 2.40. The molecule has 21 heavy (non-hydrogen) atoms. The van der Waals surface area contributed by atoms with Crippen LogP contribution in [0.25, 0.3) is 0 Å². The van der Waals surface area contributed by atoms with Crippen molar-refractivity contribution in [2.24, 2.45) is 0 Å². The Morgan fingerprint density at radius 2 is 2.24 bits per heavy atom. The lowest BCUT2D eigenvalue weighted by Crippen LogP contribution is -2.56. The van der Waals surface area contributed by atoms with Crippen molar-refractivity contribution >= 4 is 11.7 Å². The summed E-state index contributed by atoms with van der Waals surface area (Å²) in [7, 11) is 0.